The highest BCUT2D eigenvalue weighted by Crippen LogP contribution is 2.46. The molecule has 0 amide bonds. The molecule has 0 radical (unpaired) electrons. The molecule has 0 saturated carbocycles. The Hall–Kier alpha value is -2.15. The smallest absolute Gasteiger partial charge is 0.225 e. The second kappa shape index (κ2) is 5.98. The molecule has 2 aliphatic rings. The van der Waals surface area contributed by atoms with E-state index >= 15 is 0 Å². The monoisotopic (exact) mass is 357 g/mol. The molecule has 1 fully saturated rings. The van der Waals surface area contributed by atoms with Crippen LogP contribution < -0.4 is 10.6 Å². The molecule has 25 heavy (non-hydrogen) atoms. The highest BCUT2D eigenvalue weighted by atomic mass is 32.2. The third-order valence-electron chi connectivity index (χ3n) is 4.88. The molecule has 2 unspecified atom stereocenters. The topological polar surface area (TPSA) is 67.4 Å². The van der Waals surface area contributed by atoms with Crippen molar-refractivity contribution < 1.29 is 4.39 Å². The number of amidine groups is 1. The lowest BCUT2D eigenvalue weighted by Gasteiger charge is -2.34. The van der Waals surface area contributed by atoms with Crippen LogP contribution in [0.5, 0.6) is 0 Å². The number of nitrogens with zero attached hydrogens (tertiary/aromatic N) is 4. The van der Waals surface area contributed by atoms with Crippen molar-refractivity contribution in [1.29, 1.82) is 0 Å². The third kappa shape index (κ3) is 2.76. The number of nitrogens with two attached hydrogens (primary N) is 1. The first kappa shape index (κ1) is 16.3. The summed E-state index contributed by atoms with van der Waals surface area (Å²) in [6.07, 6.45) is 0. The number of thioether (sulfide) groups is 1. The zero-order chi connectivity index (χ0) is 17.6. The number of rotatable bonds is 2. The van der Waals surface area contributed by atoms with Crippen LogP contribution in [0.15, 0.2) is 35.3 Å². The Balaban J connectivity index is 1.80. The number of aromatic nitrogens is 2. The molecule has 0 aliphatic carbocycles. The lowest BCUT2D eigenvalue weighted by Crippen LogP contribution is -2.40. The van der Waals surface area contributed by atoms with Gasteiger partial charge >= 0.3 is 0 Å². The Bertz CT molecular complexity index is 835. The maximum atomic E-state index is 14.6. The van der Waals surface area contributed by atoms with Crippen molar-refractivity contribution in [1.82, 2.24) is 9.97 Å². The van der Waals surface area contributed by atoms with Crippen LogP contribution in [0.25, 0.3) is 0 Å². The van der Waals surface area contributed by atoms with E-state index in [1.54, 1.807) is 6.07 Å². The number of hydrogen-bond acceptors (Lipinski definition) is 6. The van der Waals surface area contributed by atoms with Crippen LogP contribution in [0.3, 0.4) is 0 Å². The average molecular weight is 357 g/mol. The van der Waals surface area contributed by atoms with E-state index in [1.807, 2.05) is 32.0 Å². The van der Waals surface area contributed by atoms with Gasteiger partial charge in [0.15, 0.2) is 5.17 Å². The first-order valence-corrected chi connectivity index (χ1v) is 9.27. The molecule has 7 heteroatoms. The van der Waals surface area contributed by atoms with Gasteiger partial charge in [0.25, 0.3) is 0 Å². The van der Waals surface area contributed by atoms with Crippen molar-refractivity contribution in [3.05, 3.63) is 53.1 Å². The average Bonchev–Trinajstić information content (AvgIpc) is 2.94. The molecule has 4 rings (SSSR count). The second-order valence-corrected chi connectivity index (χ2v) is 7.73. The van der Waals surface area contributed by atoms with Crippen LogP contribution in [0.1, 0.15) is 17.0 Å². The molecule has 1 saturated heterocycles. The van der Waals surface area contributed by atoms with Crippen molar-refractivity contribution in [2.45, 2.75) is 19.4 Å². The van der Waals surface area contributed by atoms with Crippen molar-refractivity contribution >= 4 is 22.9 Å². The van der Waals surface area contributed by atoms with Gasteiger partial charge in [-0.25, -0.2) is 19.4 Å². The van der Waals surface area contributed by atoms with Crippen LogP contribution in [0.4, 0.5) is 10.3 Å². The summed E-state index contributed by atoms with van der Waals surface area (Å²) in [5, 5.41) is 0.516. The van der Waals surface area contributed by atoms with Crippen LogP contribution in [-0.4, -0.2) is 34.0 Å². The predicted molar refractivity (Wildman–Crippen MR) is 99.4 cm³/mol. The summed E-state index contributed by atoms with van der Waals surface area (Å²) >= 11 is 1.53. The highest BCUT2D eigenvalue weighted by molar-refractivity contribution is 8.13. The van der Waals surface area contributed by atoms with Crippen molar-refractivity contribution in [3.63, 3.8) is 0 Å². The van der Waals surface area contributed by atoms with E-state index in [-0.39, 0.29) is 11.7 Å². The van der Waals surface area contributed by atoms with Gasteiger partial charge in [-0.05, 0) is 26.0 Å². The normalized spacial score (nSPS) is 25.6. The largest absolute Gasteiger partial charge is 0.379 e. The Kier molecular flexibility index (Phi) is 3.91. The minimum atomic E-state index is -0.679. The number of fused-ring (bicyclic) bond motifs is 1. The van der Waals surface area contributed by atoms with Gasteiger partial charge in [0.05, 0.1) is 6.54 Å². The van der Waals surface area contributed by atoms with Crippen LogP contribution in [0, 0.1) is 25.6 Å². The molecule has 2 aliphatic heterocycles. The Labute approximate surface area is 150 Å². The number of halogens is 1. The van der Waals surface area contributed by atoms with E-state index in [2.05, 4.69) is 14.9 Å². The Morgan fingerprint density at radius 1 is 1.24 bits per heavy atom. The standard InChI is InChI=1S/C18H20FN5S/c1-11-7-12(2)22-17(21-11)24-8-13-9-25-16(20)23-18(13,10-24)14-5-3-4-6-15(14)19/h3-7,13H,8-10H2,1-2H3,(H2,20,23). The second-order valence-electron chi connectivity index (χ2n) is 6.69. The number of benzene rings is 1. The van der Waals surface area contributed by atoms with Crippen molar-refractivity contribution in [2.24, 2.45) is 16.6 Å². The van der Waals surface area contributed by atoms with Gasteiger partial charge < -0.3 is 10.6 Å². The number of aliphatic imine (C=N–C) groups is 1. The van der Waals surface area contributed by atoms with E-state index in [0.29, 0.717) is 23.2 Å². The van der Waals surface area contributed by atoms with Gasteiger partial charge in [0, 0.05) is 35.2 Å². The van der Waals surface area contributed by atoms with E-state index in [1.165, 1.54) is 17.8 Å². The van der Waals surface area contributed by atoms with Crippen molar-refractivity contribution in [2.75, 3.05) is 23.7 Å². The number of anilines is 1. The SMILES string of the molecule is Cc1cc(C)nc(N2CC3CSC(N)=NC3(c3ccccc3F)C2)n1. The minimum absolute atomic E-state index is 0.158. The number of aryl methyl sites for hydroxylation is 2. The molecule has 2 atom stereocenters. The Morgan fingerprint density at radius 3 is 2.68 bits per heavy atom. The maximum Gasteiger partial charge on any atom is 0.225 e. The van der Waals surface area contributed by atoms with E-state index < -0.39 is 5.54 Å². The minimum Gasteiger partial charge on any atom is -0.379 e. The molecular weight excluding hydrogens is 337 g/mol. The molecular formula is C18H20FN5S. The molecule has 2 aromatic rings. The fourth-order valence-electron chi connectivity index (χ4n) is 3.81. The third-order valence-corrected chi connectivity index (χ3v) is 5.84. The van der Waals surface area contributed by atoms with Gasteiger partial charge in [-0.15, -0.1) is 0 Å². The maximum absolute atomic E-state index is 14.6. The summed E-state index contributed by atoms with van der Waals surface area (Å²) < 4.78 is 14.6. The summed E-state index contributed by atoms with van der Waals surface area (Å²) in [4.78, 5) is 16.0. The van der Waals surface area contributed by atoms with Gasteiger partial charge in [-0.1, -0.05) is 30.0 Å². The van der Waals surface area contributed by atoms with E-state index in [0.717, 1.165) is 23.7 Å². The van der Waals surface area contributed by atoms with Crippen LogP contribution >= 0.6 is 11.8 Å². The quantitative estimate of drug-likeness (QED) is 0.895. The lowest BCUT2D eigenvalue weighted by atomic mass is 9.81. The van der Waals surface area contributed by atoms with Crippen LogP contribution in [-0.2, 0) is 5.54 Å². The van der Waals surface area contributed by atoms with Gasteiger partial charge in [0.1, 0.15) is 11.4 Å². The summed E-state index contributed by atoms with van der Waals surface area (Å²) in [6.45, 7) is 5.18. The van der Waals surface area contributed by atoms with E-state index in [9.17, 15) is 4.39 Å². The molecule has 1 aromatic heterocycles. The summed E-state index contributed by atoms with van der Waals surface area (Å²) in [6, 6.07) is 8.82. The van der Waals surface area contributed by atoms with Crippen molar-refractivity contribution in [3.8, 4) is 0 Å². The zero-order valence-corrected chi connectivity index (χ0v) is 15.1. The molecule has 3 heterocycles. The molecule has 2 N–H and O–H groups in total. The number of hydrogen-bond donors (Lipinski definition) is 1. The van der Waals surface area contributed by atoms with Gasteiger partial charge in [0.2, 0.25) is 5.95 Å². The first-order valence-electron chi connectivity index (χ1n) is 8.28. The molecule has 5 nitrogen and oxygen atoms in total. The summed E-state index contributed by atoms with van der Waals surface area (Å²) in [5.41, 5.74) is 7.82. The Morgan fingerprint density at radius 2 is 1.96 bits per heavy atom. The predicted octanol–water partition coefficient (Wildman–Crippen LogP) is 2.63. The zero-order valence-electron chi connectivity index (χ0n) is 14.2. The molecule has 130 valence electrons. The fourth-order valence-corrected chi connectivity index (χ4v) is 4.79. The fraction of sp³-hybridized carbons (Fsp3) is 0.389. The highest BCUT2D eigenvalue weighted by Gasteiger charge is 2.51. The van der Waals surface area contributed by atoms with E-state index in [4.69, 9.17) is 10.7 Å². The molecule has 0 bridgehead atoms. The molecule has 0 spiro atoms. The van der Waals surface area contributed by atoms with Crippen LogP contribution in [0.2, 0.25) is 0 Å². The molecule has 1 aromatic carbocycles. The summed E-state index contributed by atoms with van der Waals surface area (Å²) in [7, 11) is 0. The summed E-state index contributed by atoms with van der Waals surface area (Å²) in [5.74, 6) is 1.41. The first-order chi connectivity index (χ1) is 12.0. The van der Waals surface area contributed by atoms with Gasteiger partial charge in [-0.3, -0.25) is 0 Å². The van der Waals surface area contributed by atoms with Gasteiger partial charge in [-0.2, -0.15) is 0 Å². The lowest BCUT2D eigenvalue weighted by molar-refractivity contribution is 0.371.